The SMILES string of the molecule is CCNCc1cncc(Oc2cccc([N+](=O)[O-])c2)c1. The van der Waals surface area contributed by atoms with E-state index >= 15 is 0 Å². The maximum absolute atomic E-state index is 10.7. The molecule has 1 aromatic carbocycles. The predicted octanol–water partition coefficient (Wildman–Crippen LogP) is 2.89. The zero-order chi connectivity index (χ0) is 14.4. The molecule has 6 heteroatoms. The van der Waals surface area contributed by atoms with Crippen LogP contribution in [0.2, 0.25) is 0 Å². The van der Waals surface area contributed by atoms with E-state index in [1.165, 1.54) is 12.1 Å². The van der Waals surface area contributed by atoms with E-state index in [1.54, 1.807) is 24.5 Å². The molecule has 0 spiro atoms. The van der Waals surface area contributed by atoms with Gasteiger partial charge < -0.3 is 10.1 Å². The van der Waals surface area contributed by atoms with Gasteiger partial charge in [0, 0.05) is 18.8 Å². The third-order valence-electron chi connectivity index (χ3n) is 2.61. The Labute approximate surface area is 116 Å². The number of nitro groups is 1. The van der Waals surface area contributed by atoms with Gasteiger partial charge in [-0.25, -0.2) is 0 Å². The summed E-state index contributed by atoms with van der Waals surface area (Å²) in [6.45, 7) is 3.60. The largest absolute Gasteiger partial charge is 0.455 e. The number of non-ortho nitro benzene ring substituents is 1. The highest BCUT2D eigenvalue weighted by Crippen LogP contribution is 2.25. The zero-order valence-corrected chi connectivity index (χ0v) is 11.1. The summed E-state index contributed by atoms with van der Waals surface area (Å²) in [6, 6.07) is 7.92. The Hall–Kier alpha value is -2.47. The molecule has 6 nitrogen and oxygen atoms in total. The van der Waals surface area contributed by atoms with Crippen LogP contribution < -0.4 is 10.1 Å². The molecule has 0 aliphatic carbocycles. The third kappa shape index (κ3) is 3.76. The molecule has 20 heavy (non-hydrogen) atoms. The topological polar surface area (TPSA) is 77.3 Å². The van der Waals surface area contributed by atoms with Crippen molar-refractivity contribution in [2.45, 2.75) is 13.5 Å². The number of ether oxygens (including phenoxy) is 1. The molecule has 0 aliphatic rings. The first-order chi connectivity index (χ1) is 9.69. The van der Waals surface area contributed by atoms with Crippen molar-refractivity contribution in [3.05, 3.63) is 58.4 Å². The summed E-state index contributed by atoms with van der Waals surface area (Å²) in [5, 5.41) is 13.9. The van der Waals surface area contributed by atoms with E-state index < -0.39 is 4.92 Å². The molecule has 0 atom stereocenters. The maximum Gasteiger partial charge on any atom is 0.273 e. The number of nitrogens with one attached hydrogen (secondary N) is 1. The normalized spacial score (nSPS) is 10.2. The van der Waals surface area contributed by atoms with Crippen LogP contribution in [0.25, 0.3) is 0 Å². The van der Waals surface area contributed by atoms with E-state index in [0.717, 1.165) is 12.1 Å². The summed E-state index contributed by atoms with van der Waals surface area (Å²) < 4.78 is 5.60. The fraction of sp³-hybridized carbons (Fsp3) is 0.214. The van der Waals surface area contributed by atoms with Gasteiger partial charge in [-0.2, -0.15) is 0 Å². The van der Waals surface area contributed by atoms with Crippen LogP contribution in [-0.2, 0) is 6.54 Å². The van der Waals surface area contributed by atoms with Gasteiger partial charge >= 0.3 is 0 Å². The van der Waals surface area contributed by atoms with E-state index in [4.69, 9.17) is 4.74 Å². The minimum Gasteiger partial charge on any atom is -0.455 e. The van der Waals surface area contributed by atoms with Crippen molar-refractivity contribution in [1.82, 2.24) is 10.3 Å². The number of benzene rings is 1. The molecule has 0 saturated heterocycles. The maximum atomic E-state index is 10.7. The Kier molecular flexibility index (Phi) is 4.62. The van der Waals surface area contributed by atoms with Crippen LogP contribution >= 0.6 is 0 Å². The number of hydrogen-bond donors (Lipinski definition) is 1. The molecule has 104 valence electrons. The molecule has 1 N–H and O–H groups in total. The molecule has 0 bridgehead atoms. The first-order valence-corrected chi connectivity index (χ1v) is 6.26. The van der Waals surface area contributed by atoms with E-state index in [0.29, 0.717) is 18.0 Å². The molecule has 2 aromatic rings. The van der Waals surface area contributed by atoms with Gasteiger partial charge in [-0.15, -0.1) is 0 Å². The van der Waals surface area contributed by atoms with Crippen LogP contribution in [0.5, 0.6) is 11.5 Å². The van der Waals surface area contributed by atoms with Gasteiger partial charge in [-0.3, -0.25) is 15.1 Å². The van der Waals surface area contributed by atoms with E-state index in [-0.39, 0.29) is 5.69 Å². The van der Waals surface area contributed by atoms with Gasteiger partial charge in [-0.05, 0) is 24.2 Å². The number of nitro benzene ring substituents is 1. The Morgan fingerprint density at radius 2 is 2.15 bits per heavy atom. The quantitative estimate of drug-likeness (QED) is 0.646. The molecule has 0 amide bonds. The van der Waals surface area contributed by atoms with E-state index in [1.807, 2.05) is 13.0 Å². The summed E-state index contributed by atoms with van der Waals surface area (Å²) in [5.74, 6) is 0.975. The van der Waals surface area contributed by atoms with Gasteiger partial charge in [0.1, 0.15) is 11.5 Å². The molecule has 0 radical (unpaired) electrons. The van der Waals surface area contributed by atoms with Crippen molar-refractivity contribution in [2.24, 2.45) is 0 Å². The summed E-state index contributed by atoms with van der Waals surface area (Å²) in [6.07, 6.45) is 3.33. The van der Waals surface area contributed by atoms with Crippen LogP contribution in [0, 0.1) is 10.1 Å². The van der Waals surface area contributed by atoms with Gasteiger partial charge in [-0.1, -0.05) is 13.0 Å². The van der Waals surface area contributed by atoms with Gasteiger partial charge in [0.25, 0.3) is 5.69 Å². The Balaban J connectivity index is 2.13. The number of aromatic nitrogens is 1. The summed E-state index contributed by atoms with van der Waals surface area (Å²) in [7, 11) is 0. The molecule has 0 saturated carbocycles. The average Bonchev–Trinajstić information content (AvgIpc) is 2.46. The highest BCUT2D eigenvalue weighted by atomic mass is 16.6. The molecular formula is C14H15N3O3. The summed E-state index contributed by atoms with van der Waals surface area (Å²) >= 11 is 0. The van der Waals surface area contributed by atoms with Crippen LogP contribution in [0.1, 0.15) is 12.5 Å². The minimum absolute atomic E-state index is 0.000682. The lowest BCUT2D eigenvalue weighted by Crippen LogP contribution is -2.11. The van der Waals surface area contributed by atoms with Gasteiger partial charge in [0.15, 0.2) is 0 Å². The number of pyridine rings is 1. The fourth-order valence-corrected chi connectivity index (χ4v) is 1.68. The van der Waals surface area contributed by atoms with E-state index in [2.05, 4.69) is 10.3 Å². The number of hydrogen-bond acceptors (Lipinski definition) is 5. The summed E-state index contributed by atoms with van der Waals surface area (Å²) in [5.41, 5.74) is 0.994. The fourth-order valence-electron chi connectivity index (χ4n) is 1.68. The molecule has 0 aliphatic heterocycles. The van der Waals surface area contributed by atoms with Crippen molar-refractivity contribution in [2.75, 3.05) is 6.54 Å². The van der Waals surface area contributed by atoms with E-state index in [9.17, 15) is 10.1 Å². The van der Waals surface area contributed by atoms with Crippen LogP contribution in [0.15, 0.2) is 42.7 Å². The summed E-state index contributed by atoms with van der Waals surface area (Å²) in [4.78, 5) is 14.3. The van der Waals surface area contributed by atoms with Crippen molar-refractivity contribution >= 4 is 5.69 Å². The first-order valence-electron chi connectivity index (χ1n) is 6.26. The Bertz CT molecular complexity index is 602. The van der Waals surface area contributed by atoms with Gasteiger partial charge in [0.2, 0.25) is 0 Å². The van der Waals surface area contributed by atoms with Crippen molar-refractivity contribution in [3.63, 3.8) is 0 Å². The zero-order valence-electron chi connectivity index (χ0n) is 11.1. The first kappa shape index (κ1) is 14.0. The highest BCUT2D eigenvalue weighted by Gasteiger charge is 2.07. The van der Waals surface area contributed by atoms with Crippen molar-refractivity contribution in [3.8, 4) is 11.5 Å². The standard InChI is InChI=1S/C14H15N3O3/c1-2-15-8-11-6-14(10-16-9-11)20-13-5-3-4-12(7-13)17(18)19/h3-7,9-10,15H,2,8H2,1H3. The average molecular weight is 273 g/mol. The molecule has 0 unspecified atom stereocenters. The van der Waals surface area contributed by atoms with Crippen molar-refractivity contribution in [1.29, 1.82) is 0 Å². The Morgan fingerprint density at radius 3 is 2.90 bits per heavy atom. The molecule has 1 heterocycles. The Morgan fingerprint density at radius 1 is 1.30 bits per heavy atom. The van der Waals surface area contributed by atoms with Crippen molar-refractivity contribution < 1.29 is 9.66 Å². The predicted molar refractivity (Wildman–Crippen MR) is 74.8 cm³/mol. The minimum atomic E-state index is -0.452. The lowest BCUT2D eigenvalue weighted by molar-refractivity contribution is -0.384. The van der Waals surface area contributed by atoms with Crippen LogP contribution in [-0.4, -0.2) is 16.5 Å². The lowest BCUT2D eigenvalue weighted by Gasteiger charge is -2.07. The molecular weight excluding hydrogens is 258 g/mol. The lowest BCUT2D eigenvalue weighted by atomic mass is 10.2. The molecule has 1 aromatic heterocycles. The second kappa shape index (κ2) is 6.63. The van der Waals surface area contributed by atoms with Gasteiger partial charge in [0.05, 0.1) is 17.2 Å². The van der Waals surface area contributed by atoms with Crippen LogP contribution in [0.3, 0.4) is 0 Å². The number of nitrogens with zero attached hydrogens (tertiary/aromatic N) is 2. The monoisotopic (exact) mass is 273 g/mol. The second-order valence-electron chi connectivity index (χ2n) is 4.17. The van der Waals surface area contributed by atoms with Crippen LogP contribution in [0.4, 0.5) is 5.69 Å². The molecule has 0 fully saturated rings. The third-order valence-corrected chi connectivity index (χ3v) is 2.61. The number of rotatable bonds is 6. The smallest absolute Gasteiger partial charge is 0.273 e. The molecule has 2 rings (SSSR count). The highest BCUT2D eigenvalue weighted by molar-refractivity contribution is 5.40. The second-order valence-corrected chi connectivity index (χ2v) is 4.17.